The summed E-state index contributed by atoms with van der Waals surface area (Å²) in [5.74, 6) is -0.00509. The van der Waals surface area contributed by atoms with Gasteiger partial charge < -0.3 is 14.8 Å². The summed E-state index contributed by atoms with van der Waals surface area (Å²) >= 11 is 0. The largest absolute Gasteiger partial charge is 0.496 e. The first-order valence-corrected chi connectivity index (χ1v) is 9.99. The van der Waals surface area contributed by atoms with Gasteiger partial charge in [-0.3, -0.25) is 4.79 Å². The quantitative estimate of drug-likeness (QED) is 0.668. The molecule has 1 aliphatic heterocycles. The van der Waals surface area contributed by atoms with E-state index in [1.165, 1.54) is 29.6 Å². The van der Waals surface area contributed by atoms with Gasteiger partial charge in [-0.2, -0.15) is 4.31 Å². The number of carbonyl (C=O) groups is 1. The van der Waals surface area contributed by atoms with Crippen LogP contribution in [0.1, 0.15) is 36.5 Å². The fourth-order valence-corrected chi connectivity index (χ4v) is 4.26. The van der Waals surface area contributed by atoms with Crippen LogP contribution in [0, 0.1) is 0 Å². The summed E-state index contributed by atoms with van der Waals surface area (Å²) in [5.41, 5.74) is 0.221. The van der Waals surface area contributed by atoms with Crippen molar-refractivity contribution in [1.82, 2.24) is 9.62 Å². The molecule has 2 rings (SSSR count). The standard InChI is InChI=1S/C17H26N2O5S/c1-3-24-12-6-9-18-17(20)15-13-14(7-8-16(15)23-2)25(21,22)19-10-4-5-11-19/h7-8,13H,3-6,9-12H2,1-2H3,(H,18,20). The first-order valence-electron chi connectivity index (χ1n) is 8.55. The highest BCUT2D eigenvalue weighted by Crippen LogP contribution is 2.26. The van der Waals surface area contributed by atoms with Gasteiger partial charge in [0.1, 0.15) is 5.75 Å². The predicted octanol–water partition coefficient (Wildman–Crippen LogP) is 1.64. The summed E-state index contributed by atoms with van der Waals surface area (Å²) in [7, 11) is -2.12. The number of rotatable bonds is 9. The Morgan fingerprint density at radius 3 is 2.64 bits per heavy atom. The molecular formula is C17H26N2O5S. The van der Waals surface area contributed by atoms with Crippen molar-refractivity contribution in [2.75, 3.05) is 40.0 Å². The number of methoxy groups -OCH3 is 1. The van der Waals surface area contributed by atoms with Crippen LogP contribution in [-0.2, 0) is 14.8 Å². The molecule has 0 saturated carbocycles. The van der Waals surface area contributed by atoms with Crippen LogP contribution >= 0.6 is 0 Å². The van der Waals surface area contributed by atoms with Crippen molar-refractivity contribution in [1.29, 1.82) is 0 Å². The molecule has 1 aromatic carbocycles. The molecule has 1 aliphatic rings. The second-order valence-corrected chi connectivity index (χ2v) is 7.72. The minimum atomic E-state index is -3.57. The Hall–Kier alpha value is -1.64. The zero-order valence-corrected chi connectivity index (χ0v) is 15.6. The summed E-state index contributed by atoms with van der Waals surface area (Å²) in [6.45, 7) is 4.61. The zero-order chi connectivity index (χ0) is 18.3. The van der Waals surface area contributed by atoms with E-state index < -0.39 is 10.0 Å². The Balaban J connectivity index is 2.15. The maximum absolute atomic E-state index is 12.7. The fourth-order valence-electron chi connectivity index (χ4n) is 2.72. The van der Waals surface area contributed by atoms with Gasteiger partial charge in [0, 0.05) is 32.8 Å². The molecule has 0 radical (unpaired) electrons. The lowest BCUT2D eigenvalue weighted by atomic mass is 10.2. The van der Waals surface area contributed by atoms with Crippen molar-refractivity contribution >= 4 is 15.9 Å². The van der Waals surface area contributed by atoms with E-state index in [9.17, 15) is 13.2 Å². The molecule has 1 fully saturated rings. The van der Waals surface area contributed by atoms with Crippen molar-refractivity contribution < 1.29 is 22.7 Å². The molecule has 1 heterocycles. The van der Waals surface area contributed by atoms with Crippen LogP contribution in [0.3, 0.4) is 0 Å². The average molecular weight is 370 g/mol. The van der Waals surface area contributed by atoms with Crippen LogP contribution in [0.25, 0.3) is 0 Å². The number of sulfonamides is 1. The van der Waals surface area contributed by atoms with E-state index in [2.05, 4.69) is 5.32 Å². The van der Waals surface area contributed by atoms with E-state index in [0.29, 0.717) is 45.0 Å². The highest BCUT2D eigenvalue weighted by Gasteiger charge is 2.28. The molecule has 140 valence electrons. The van der Waals surface area contributed by atoms with Crippen molar-refractivity contribution in [3.05, 3.63) is 23.8 Å². The van der Waals surface area contributed by atoms with Gasteiger partial charge in [-0.1, -0.05) is 0 Å². The maximum atomic E-state index is 12.7. The topological polar surface area (TPSA) is 84.9 Å². The van der Waals surface area contributed by atoms with Crippen molar-refractivity contribution in [3.8, 4) is 5.75 Å². The number of benzene rings is 1. The first-order chi connectivity index (χ1) is 12.0. The van der Waals surface area contributed by atoms with Gasteiger partial charge in [-0.15, -0.1) is 0 Å². The number of ether oxygens (including phenoxy) is 2. The summed E-state index contributed by atoms with van der Waals surface area (Å²) in [6.07, 6.45) is 2.42. The van der Waals surface area contributed by atoms with E-state index >= 15 is 0 Å². The molecule has 1 N–H and O–H groups in total. The molecule has 0 aliphatic carbocycles. The lowest BCUT2D eigenvalue weighted by Crippen LogP contribution is -2.29. The van der Waals surface area contributed by atoms with Crippen LogP contribution < -0.4 is 10.1 Å². The molecule has 7 nitrogen and oxygen atoms in total. The molecule has 0 unspecified atom stereocenters. The molecule has 1 amide bonds. The monoisotopic (exact) mass is 370 g/mol. The average Bonchev–Trinajstić information content (AvgIpc) is 3.16. The van der Waals surface area contributed by atoms with Gasteiger partial charge in [0.05, 0.1) is 17.6 Å². The predicted molar refractivity (Wildman–Crippen MR) is 94.4 cm³/mol. The smallest absolute Gasteiger partial charge is 0.255 e. The Kier molecular flexibility index (Phi) is 7.22. The molecule has 0 bridgehead atoms. The lowest BCUT2D eigenvalue weighted by molar-refractivity contribution is 0.0941. The minimum absolute atomic E-state index is 0.120. The van der Waals surface area contributed by atoms with Crippen molar-refractivity contribution in [3.63, 3.8) is 0 Å². The maximum Gasteiger partial charge on any atom is 0.255 e. The molecule has 1 saturated heterocycles. The number of hydrogen-bond acceptors (Lipinski definition) is 5. The Labute approximate surface area is 149 Å². The van der Waals surface area contributed by atoms with E-state index in [4.69, 9.17) is 9.47 Å². The minimum Gasteiger partial charge on any atom is -0.496 e. The van der Waals surface area contributed by atoms with Gasteiger partial charge in [-0.25, -0.2) is 8.42 Å². The summed E-state index contributed by atoms with van der Waals surface area (Å²) < 4.78 is 37.2. The van der Waals surface area contributed by atoms with Crippen LogP contribution in [0.2, 0.25) is 0 Å². The van der Waals surface area contributed by atoms with E-state index in [1.807, 2.05) is 6.92 Å². The van der Waals surface area contributed by atoms with Crippen LogP contribution in [0.4, 0.5) is 0 Å². The van der Waals surface area contributed by atoms with E-state index in [-0.39, 0.29) is 16.4 Å². The van der Waals surface area contributed by atoms with Crippen LogP contribution in [0.5, 0.6) is 5.75 Å². The van der Waals surface area contributed by atoms with Gasteiger partial charge in [0.25, 0.3) is 5.91 Å². The second kappa shape index (κ2) is 9.17. The van der Waals surface area contributed by atoms with E-state index in [0.717, 1.165) is 12.8 Å². The van der Waals surface area contributed by atoms with Crippen molar-refractivity contribution in [2.24, 2.45) is 0 Å². The number of amides is 1. The highest BCUT2D eigenvalue weighted by atomic mass is 32.2. The Morgan fingerprint density at radius 1 is 1.28 bits per heavy atom. The third kappa shape index (κ3) is 4.93. The fraction of sp³-hybridized carbons (Fsp3) is 0.588. The lowest BCUT2D eigenvalue weighted by Gasteiger charge is -2.17. The number of nitrogens with zero attached hydrogens (tertiary/aromatic N) is 1. The Bertz CT molecular complexity index is 684. The zero-order valence-electron chi connectivity index (χ0n) is 14.8. The van der Waals surface area contributed by atoms with Gasteiger partial charge >= 0.3 is 0 Å². The number of nitrogens with one attached hydrogen (secondary N) is 1. The van der Waals surface area contributed by atoms with Crippen LogP contribution in [-0.4, -0.2) is 58.6 Å². The number of carbonyl (C=O) groups excluding carboxylic acids is 1. The normalized spacial score (nSPS) is 15.3. The molecule has 0 atom stereocenters. The molecule has 8 heteroatoms. The van der Waals surface area contributed by atoms with Gasteiger partial charge in [0.2, 0.25) is 10.0 Å². The molecule has 0 aromatic heterocycles. The molecular weight excluding hydrogens is 344 g/mol. The van der Waals surface area contributed by atoms with Gasteiger partial charge in [-0.05, 0) is 44.4 Å². The molecule has 25 heavy (non-hydrogen) atoms. The summed E-state index contributed by atoms with van der Waals surface area (Å²) in [5, 5.41) is 2.77. The summed E-state index contributed by atoms with van der Waals surface area (Å²) in [6, 6.07) is 4.40. The van der Waals surface area contributed by atoms with Crippen LogP contribution in [0.15, 0.2) is 23.1 Å². The van der Waals surface area contributed by atoms with Gasteiger partial charge in [0.15, 0.2) is 0 Å². The van der Waals surface area contributed by atoms with Crippen molar-refractivity contribution in [2.45, 2.75) is 31.1 Å². The molecule has 0 spiro atoms. The Morgan fingerprint density at radius 2 is 2.00 bits per heavy atom. The third-order valence-corrected chi connectivity index (χ3v) is 5.97. The molecule has 1 aromatic rings. The SMILES string of the molecule is CCOCCCNC(=O)c1cc(S(=O)(=O)N2CCCC2)ccc1OC. The number of hydrogen-bond donors (Lipinski definition) is 1. The second-order valence-electron chi connectivity index (χ2n) is 5.78. The highest BCUT2D eigenvalue weighted by molar-refractivity contribution is 7.89. The summed E-state index contributed by atoms with van der Waals surface area (Å²) in [4.78, 5) is 12.5. The third-order valence-electron chi connectivity index (χ3n) is 4.07. The van der Waals surface area contributed by atoms with E-state index in [1.54, 1.807) is 0 Å². The first kappa shape index (κ1) is 19.7.